The van der Waals surface area contributed by atoms with Gasteiger partial charge in [0, 0.05) is 0 Å². The average Bonchev–Trinajstić information content (AvgIpc) is 1.41. The number of nitrogens with one attached hydrogen (secondary N) is 1. The van der Waals surface area contributed by atoms with Gasteiger partial charge in [0.05, 0.1) is 0 Å². The van der Waals surface area contributed by atoms with Crippen LogP contribution in [-0.2, 0) is 13.5 Å². The molecule has 0 saturated carbocycles. The van der Waals surface area contributed by atoms with Gasteiger partial charge in [-0.15, -0.1) is 0 Å². The van der Waals surface area contributed by atoms with Crippen LogP contribution in [0.1, 0.15) is 0 Å². The first kappa shape index (κ1) is 10.1. The third-order valence-corrected chi connectivity index (χ3v) is 0. The minimum atomic E-state index is -1.48. The summed E-state index contributed by atoms with van der Waals surface area (Å²) in [5.41, 5.74) is 5.75. The Hall–Kier alpha value is 1.03. The van der Waals surface area contributed by atoms with E-state index in [-0.39, 0.29) is 0 Å². The van der Waals surface area contributed by atoms with E-state index in [1.807, 2.05) is 0 Å². The van der Waals surface area contributed by atoms with Gasteiger partial charge in [-0.2, -0.15) is 7.05 Å². The Morgan fingerprint density at radius 2 is 1.50 bits per heavy atom. The molecule has 0 aromatic carbocycles. The summed E-state index contributed by atoms with van der Waals surface area (Å²) in [5, 5.41) is 3.31. The standard InChI is InChI=1S/CH4N.CH2.2ClH.Ru/c1-2;;;;/h2H,1H3;1H2;2*1H;/q-1;;;;+2/p-2. The fraction of sp³-hybridized carbons (Fsp3) is 0.500. The molecule has 0 aliphatic rings. The maximum absolute atomic E-state index is 5.75. The Morgan fingerprint density at radius 3 is 1.50 bits per heavy atom. The van der Waals surface area contributed by atoms with Gasteiger partial charge in [-0.05, 0) is 0 Å². The summed E-state index contributed by atoms with van der Waals surface area (Å²) >= 11 is -1.48. The Labute approximate surface area is 50.9 Å². The van der Waals surface area contributed by atoms with Crippen molar-refractivity contribution < 1.29 is 13.5 Å². The SMILES string of the molecule is C[NH-].[CH2]=[Ru]([Cl])[Cl]. The monoisotopic (exact) mass is 216 g/mol. The van der Waals surface area contributed by atoms with Crippen LogP contribution in [-0.4, -0.2) is 12.2 Å². The van der Waals surface area contributed by atoms with Crippen molar-refractivity contribution >= 4 is 24.5 Å². The summed E-state index contributed by atoms with van der Waals surface area (Å²) in [4.78, 5) is 0. The first-order chi connectivity index (χ1) is 2.73. The predicted molar refractivity (Wildman–Crippen MR) is 29.1 cm³/mol. The van der Waals surface area contributed by atoms with E-state index in [1.54, 1.807) is 0 Å². The molecule has 4 heteroatoms. The molecule has 0 aliphatic heterocycles. The maximum atomic E-state index is 5.75. The van der Waals surface area contributed by atoms with Gasteiger partial charge in [-0.3, -0.25) is 0 Å². The zero-order valence-electron chi connectivity index (χ0n) is 3.32. The van der Waals surface area contributed by atoms with E-state index in [2.05, 4.69) is 5.11 Å². The molecule has 0 aromatic rings. The average molecular weight is 216 g/mol. The fourth-order valence-electron chi connectivity index (χ4n) is 0. The van der Waals surface area contributed by atoms with Gasteiger partial charge in [0.15, 0.2) is 0 Å². The molecule has 0 atom stereocenters. The van der Waals surface area contributed by atoms with Crippen molar-refractivity contribution in [2.24, 2.45) is 0 Å². The molecule has 42 valence electrons. The van der Waals surface area contributed by atoms with Crippen molar-refractivity contribution in [2.45, 2.75) is 0 Å². The topological polar surface area (TPSA) is 23.8 Å². The molecule has 6 heavy (non-hydrogen) atoms. The molecule has 1 nitrogen and oxygen atoms in total. The zero-order valence-corrected chi connectivity index (χ0v) is 6.57. The molecule has 0 heterocycles. The van der Waals surface area contributed by atoms with E-state index in [4.69, 9.17) is 25.1 Å². The summed E-state index contributed by atoms with van der Waals surface area (Å²) in [6, 6.07) is 0. The Bertz CT molecular complexity index is 34.5. The second kappa shape index (κ2) is 9.40. The fourth-order valence-corrected chi connectivity index (χ4v) is 0. The molecule has 0 spiro atoms. The second-order valence-electron chi connectivity index (χ2n) is 0.239. The number of halogens is 2. The van der Waals surface area contributed by atoms with Crippen molar-refractivity contribution in [2.75, 3.05) is 7.05 Å². The summed E-state index contributed by atoms with van der Waals surface area (Å²) in [5.74, 6) is 0. The first-order valence-corrected chi connectivity index (χ1v) is 6.72. The molecule has 1 N–H and O–H groups in total. The molecule has 0 aromatic heterocycles. The van der Waals surface area contributed by atoms with Crippen LogP contribution >= 0.6 is 19.4 Å². The minimum absolute atomic E-state index is 1.25. The van der Waals surface area contributed by atoms with Gasteiger partial charge in [-0.25, -0.2) is 0 Å². The summed E-state index contributed by atoms with van der Waals surface area (Å²) in [6.45, 7) is 0. The van der Waals surface area contributed by atoms with E-state index in [0.717, 1.165) is 0 Å². The van der Waals surface area contributed by atoms with Crippen LogP contribution in [0.5, 0.6) is 0 Å². The van der Waals surface area contributed by atoms with Crippen molar-refractivity contribution in [1.82, 2.24) is 0 Å². The number of hydrogen-bond donors (Lipinski definition) is 0. The molecule has 0 bridgehead atoms. The molecule has 0 amide bonds. The molecule has 0 saturated heterocycles. The van der Waals surface area contributed by atoms with Crippen LogP contribution < -0.4 is 0 Å². The quantitative estimate of drug-likeness (QED) is 0.553. The van der Waals surface area contributed by atoms with Crippen molar-refractivity contribution in [3.05, 3.63) is 5.73 Å². The van der Waals surface area contributed by atoms with Crippen molar-refractivity contribution in [3.63, 3.8) is 0 Å². The molecule has 0 fully saturated rings. The van der Waals surface area contributed by atoms with Gasteiger partial charge < -0.3 is 5.73 Å². The van der Waals surface area contributed by atoms with Gasteiger partial charge >= 0.3 is 38.0 Å². The van der Waals surface area contributed by atoms with Crippen LogP contribution in [0.25, 0.3) is 5.73 Å². The van der Waals surface area contributed by atoms with E-state index < -0.39 is 13.5 Å². The van der Waals surface area contributed by atoms with E-state index in [0.29, 0.717) is 0 Å². The van der Waals surface area contributed by atoms with Crippen LogP contribution in [0.15, 0.2) is 0 Å². The predicted octanol–water partition coefficient (Wildman–Crippen LogP) is 2.01. The number of rotatable bonds is 0. The van der Waals surface area contributed by atoms with Crippen molar-refractivity contribution in [3.8, 4) is 0 Å². The van der Waals surface area contributed by atoms with Crippen LogP contribution in [0.2, 0.25) is 0 Å². The second-order valence-corrected chi connectivity index (χ2v) is 6.04. The molecular formula is C2H6Cl2NRu-. The van der Waals surface area contributed by atoms with E-state index in [9.17, 15) is 0 Å². The molecule has 0 unspecified atom stereocenters. The Morgan fingerprint density at radius 1 is 1.50 bits per heavy atom. The Kier molecular flexibility index (Phi) is 15.8. The normalized spacial score (nSPS) is 8.33. The Balaban J connectivity index is 0. The van der Waals surface area contributed by atoms with Gasteiger partial charge in [-0.1, -0.05) is 0 Å². The van der Waals surface area contributed by atoms with E-state index >= 15 is 0 Å². The summed E-state index contributed by atoms with van der Waals surface area (Å²) in [7, 11) is 11.4. The number of hydrogen-bond acceptors (Lipinski definition) is 0. The summed E-state index contributed by atoms with van der Waals surface area (Å²) < 4.78 is 0. The van der Waals surface area contributed by atoms with Crippen LogP contribution in [0.4, 0.5) is 0 Å². The molecule has 0 aliphatic carbocycles. The first-order valence-electron chi connectivity index (χ1n) is 1.02. The van der Waals surface area contributed by atoms with Crippen LogP contribution in [0, 0.1) is 0 Å². The third kappa shape index (κ3) is 76.7. The van der Waals surface area contributed by atoms with Gasteiger partial charge in [0.2, 0.25) is 0 Å². The third-order valence-electron chi connectivity index (χ3n) is 0. The van der Waals surface area contributed by atoms with Gasteiger partial charge in [0.25, 0.3) is 0 Å². The van der Waals surface area contributed by atoms with E-state index in [1.165, 1.54) is 7.05 Å². The van der Waals surface area contributed by atoms with Gasteiger partial charge in [0.1, 0.15) is 0 Å². The van der Waals surface area contributed by atoms with Crippen LogP contribution in [0.3, 0.4) is 0 Å². The van der Waals surface area contributed by atoms with Crippen molar-refractivity contribution in [1.29, 1.82) is 0 Å². The molecular weight excluding hydrogens is 210 g/mol. The molecule has 0 radical (unpaired) electrons. The summed E-state index contributed by atoms with van der Waals surface area (Å²) in [6.07, 6.45) is 0. The molecule has 0 rings (SSSR count). The zero-order chi connectivity index (χ0) is 5.58.